The zero-order chi connectivity index (χ0) is 36.7. The molecule has 1 aliphatic rings. The molecular weight excluding hydrogens is 677 g/mol. The summed E-state index contributed by atoms with van der Waals surface area (Å²) in [5.41, 5.74) is 19.5. The van der Waals surface area contributed by atoms with Crippen molar-refractivity contribution in [2.45, 2.75) is 0 Å². The van der Waals surface area contributed by atoms with Crippen LogP contribution in [0, 0.1) is 0 Å². The molecule has 0 unspecified atom stereocenters. The van der Waals surface area contributed by atoms with Crippen molar-refractivity contribution in [2.24, 2.45) is 0 Å². The topological polar surface area (TPSA) is 9.86 Å². The molecule has 9 aromatic carbocycles. The van der Waals surface area contributed by atoms with Crippen LogP contribution in [0.15, 0.2) is 206 Å². The Labute approximate surface area is 324 Å². The van der Waals surface area contributed by atoms with Crippen molar-refractivity contribution < 1.29 is 0 Å². The van der Waals surface area contributed by atoms with Gasteiger partial charge in [0.25, 0.3) is 0 Å². The van der Waals surface area contributed by atoms with Gasteiger partial charge in [-0.3, -0.25) is 0 Å². The van der Waals surface area contributed by atoms with E-state index in [0.717, 1.165) is 5.69 Å². The monoisotopic (exact) mass is 710 g/mol. The second-order valence-corrected chi connectivity index (χ2v) is 14.9. The van der Waals surface area contributed by atoms with Crippen molar-refractivity contribution in [3.05, 3.63) is 206 Å². The van der Waals surface area contributed by atoms with E-state index in [1.165, 1.54) is 105 Å². The first kappa shape index (κ1) is 31.0. The van der Waals surface area contributed by atoms with Gasteiger partial charge in [-0.2, -0.15) is 0 Å². The van der Waals surface area contributed by atoms with Gasteiger partial charge in [-0.1, -0.05) is 146 Å². The number of nitrogens with zero attached hydrogens (tertiary/aromatic N) is 2. The average Bonchev–Trinajstić information content (AvgIpc) is 3.75. The van der Waals surface area contributed by atoms with Gasteiger partial charge in [-0.25, -0.2) is 0 Å². The second kappa shape index (κ2) is 12.0. The minimum Gasteiger partial charge on any atom is -0.309 e. The van der Waals surface area contributed by atoms with Crippen LogP contribution in [0.3, 0.4) is 0 Å². The van der Waals surface area contributed by atoms with E-state index < -0.39 is 0 Å². The molecule has 2 aromatic heterocycles. The van der Waals surface area contributed by atoms with Gasteiger partial charge in [0, 0.05) is 38.4 Å². The predicted molar refractivity (Wildman–Crippen MR) is 236 cm³/mol. The third-order valence-electron chi connectivity index (χ3n) is 11.8. The van der Waals surface area contributed by atoms with Gasteiger partial charge >= 0.3 is 0 Å². The molecule has 12 rings (SSSR count). The van der Waals surface area contributed by atoms with Gasteiger partial charge in [0.2, 0.25) is 0 Å². The Balaban J connectivity index is 1.09. The minimum absolute atomic E-state index is 1.16. The fourth-order valence-electron chi connectivity index (χ4n) is 9.32. The summed E-state index contributed by atoms with van der Waals surface area (Å²) in [5, 5.41) is 5.03. The molecule has 0 N–H and O–H groups in total. The van der Waals surface area contributed by atoms with Crippen molar-refractivity contribution >= 4 is 43.6 Å². The number of rotatable bonds is 4. The Kier molecular flexibility index (Phi) is 6.66. The van der Waals surface area contributed by atoms with Crippen LogP contribution in [-0.4, -0.2) is 9.13 Å². The maximum absolute atomic E-state index is 2.51. The van der Waals surface area contributed by atoms with E-state index in [2.05, 4.69) is 215 Å². The molecule has 11 aromatic rings. The van der Waals surface area contributed by atoms with Crippen molar-refractivity contribution in [1.29, 1.82) is 0 Å². The van der Waals surface area contributed by atoms with Gasteiger partial charge in [0.05, 0.1) is 27.8 Å². The molecule has 0 atom stereocenters. The highest BCUT2D eigenvalue weighted by Crippen LogP contribution is 2.49. The van der Waals surface area contributed by atoms with Gasteiger partial charge in [0.15, 0.2) is 0 Å². The Bertz CT molecular complexity index is 3350. The van der Waals surface area contributed by atoms with Gasteiger partial charge in [-0.15, -0.1) is 0 Å². The quantitative estimate of drug-likeness (QED) is 0.172. The lowest BCUT2D eigenvalue weighted by Gasteiger charge is -2.14. The average molecular weight is 711 g/mol. The summed E-state index contributed by atoms with van der Waals surface area (Å²) in [5.74, 6) is 0. The number of aromatic nitrogens is 2. The molecule has 0 bridgehead atoms. The molecule has 0 amide bonds. The zero-order valence-corrected chi connectivity index (χ0v) is 30.5. The first-order valence-electron chi connectivity index (χ1n) is 19.3. The van der Waals surface area contributed by atoms with Crippen molar-refractivity contribution in [3.63, 3.8) is 0 Å². The zero-order valence-electron chi connectivity index (χ0n) is 30.5. The van der Waals surface area contributed by atoms with E-state index in [4.69, 9.17) is 0 Å². The van der Waals surface area contributed by atoms with Crippen molar-refractivity contribution in [2.75, 3.05) is 0 Å². The lowest BCUT2D eigenvalue weighted by Crippen LogP contribution is -1.96. The maximum atomic E-state index is 2.51. The first-order chi connectivity index (χ1) is 27.8. The van der Waals surface area contributed by atoms with E-state index in [9.17, 15) is 0 Å². The third kappa shape index (κ3) is 4.57. The standard InChI is InChI=1S/C54H34N2/c1-3-14-35(15-4-1)37-18-13-19-41(30-37)55-50-24-11-9-22-44(50)47-32-39(27-28-52(47)55)40-33-48-43-21-8-7-20-42(43)46-31-38(36-16-5-2-6-17-36)26-29-53(46)56-51-25-12-10-23-45(51)49(34-40)54(48)56/h1-34H. The largest absolute Gasteiger partial charge is 0.309 e. The van der Waals surface area contributed by atoms with Crippen LogP contribution in [0.2, 0.25) is 0 Å². The highest BCUT2D eigenvalue weighted by atomic mass is 15.0. The van der Waals surface area contributed by atoms with E-state index in [1.54, 1.807) is 0 Å². The van der Waals surface area contributed by atoms with E-state index >= 15 is 0 Å². The Morgan fingerprint density at radius 2 is 0.768 bits per heavy atom. The summed E-state index contributed by atoms with van der Waals surface area (Å²) in [7, 11) is 0. The second-order valence-electron chi connectivity index (χ2n) is 14.9. The van der Waals surface area contributed by atoms with Crippen LogP contribution in [0.4, 0.5) is 0 Å². The first-order valence-corrected chi connectivity index (χ1v) is 19.3. The molecule has 0 fully saturated rings. The van der Waals surface area contributed by atoms with E-state index in [0.29, 0.717) is 0 Å². The minimum atomic E-state index is 1.16. The lowest BCUT2D eigenvalue weighted by atomic mass is 9.90. The molecule has 0 saturated heterocycles. The fraction of sp³-hybridized carbons (Fsp3) is 0. The maximum Gasteiger partial charge on any atom is 0.0620 e. The summed E-state index contributed by atoms with van der Waals surface area (Å²) in [6.07, 6.45) is 0. The molecule has 0 aliphatic carbocycles. The van der Waals surface area contributed by atoms with E-state index in [-0.39, 0.29) is 0 Å². The van der Waals surface area contributed by atoms with Crippen molar-refractivity contribution in [3.8, 4) is 67.0 Å². The van der Waals surface area contributed by atoms with Gasteiger partial charge in [0.1, 0.15) is 0 Å². The van der Waals surface area contributed by atoms with Crippen molar-refractivity contribution in [1.82, 2.24) is 9.13 Å². The van der Waals surface area contributed by atoms with Crippen LogP contribution in [0.25, 0.3) is 111 Å². The molecule has 0 spiro atoms. The molecule has 0 saturated carbocycles. The summed E-state index contributed by atoms with van der Waals surface area (Å²) in [4.78, 5) is 0. The lowest BCUT2D eigenvalue weighted by molar-refractivity contribution is 1.18. The third-order valence-corrected chi connectivity index (χ3v) is 11.8. The number of benzene rings is 9. The van der Waals surface area contributed by atoms with Crippen LogP contribution in [0.5, 0.6) is 0 Å². The van der Waals surface area contributed by atoms with Gasteiger partial charge < -0.3 is 9.13 Å². The molecule has 0 radical (unpaired) electrons. The number of hydrogen-bond acceptors (Lipinski definition) is 0. The number of para-hydroxylation sites is 2. The SMILES string of the molecule is c1ccc(-c2cccc(-n3c4ccccc4c4cc(-c5cc6c7c(c5)c5ccccc5n7-c5ccc(-c7ccccc7)cc5-c5ccccc5-6)ccc43)c2)cc1. The molecule has 2 heteroatoms. The highest BCUT2D eigenvalue weighted by Gasteiger charge is 2.26. The predicted octanol–water partition coefficient (Wildman–Crippen LogP) is 14.5. The Hall–Kier alpha value is -7.42. The molecule has 260 valence electrons. The number of fused-ring (bicyclic) bond motifs is 11. The summed E-state index contributed by atoms with van der Waals surface area (Å²) < 4.78 is 4.93. The fourth-order valence-corrected chi connectivity index (χ4v) is 9.32. The van der Waals surface area contributed by atoms with Crippen LogP contribution < -0.4 is 0 Å². The Morgan fingerprint density at radius 3 is 1.52 bits per heavy atom. The molecule has 3 heterocycles. The number of hydrogen-bond donors (Lipinski definition) is 0. The summed E-state index contributed by atoms with van der Waals surface area (Å²) in [6, 6.07) is 75.8. The van der Waals surface area contributed by atoms with Crippen LogP contribution >= 0.6 is 0 Å². The molecule has 1 aliphatic heterocycles. The highest BCUT2D eigenvalue weighted by molar-refractivity contribution is 6.18. The summed E-state index contributed by atoms with van der Waals surface area (Å²) >= 11 is 0. The van der Waals surface area contributed by atoms with Crippen LogP contribution in [-0.2, 0) is 0 Å². The molecule has 2 nitrogen and oxygen atoms in total. The summed E-state index contributed by atoms with van der Waals surface area (Å²) in [6.45, 7) is 0. The molecular formula is C54H34N2. The smallest absolute Gasteiger partial charge is 0.0620 e. The van der Waals surface area contributed by atoms with Crippen LogP contribution in [0.1, 0.15) is 0 Å². The Morgan fingerprint density at radius 1 is 0.250 bits per heavy atom. The van der Waals surface area contributed by atoms with E-state index in [1.807, 2.05) is 0 Å². The molecule has 56 heavy (non-hydrogen) atoms. The van der Waals surface area contributed by atoms with Gasteiger partial charge in [-0.05, 0) is 105 Å². The normalized spacial score (nSPS) is 11.9.